The molecule has 1 aromatic carbocycles. The van der Waals surface area contributed by atoms with Crippen molar-refractivity contribution in [1.29, 1.82) is 0 Å². The second-order valence-corrected chi connectivity index (χ2v) is 4.89. The maximum absolute atomic E-state index is 9.26. The van der Waals surface area contributed by atoms with Crippen molar-refractivity contribution in [3.05, 3.63) is 42.3 Å². The van der Waals surface area contributed by atoms with E-state index >= 15 is 0 Å². The van der Waals surface area contributed by atoms with Gasteiger partial charge in [-0.1, -0.05) is 18.2 Å². The zero-order chi connectivity index (χ0) is 13.7. The second-order valence-electron chi connectivity index (χ2n) is 4.89. The first-order valence-electron chi connectivity index (χ1n) is 6.51. The predicted octanol–water partition coefficient (Wildman–Crippen LogP) is 2.54. The zero-order valence-corrected chi connectivity index (χ0v) is 11.4. The number of hydrogen-bond donors (Lipinski definition) is 1. The maximum Gasteiger partial charge on any atom is 0.226 e. The van der Waals surface area contributed by atoms with E-state index in [-0.39, 0.29) is 6.10 Å². The smallest absolute Gasteiger partial charge is 0.226 e. The van der Waals surface area contributed by atoms with Crippen molar-refractivity contribution >= 4 is 0 Å². The molecule has 0 bridgehead atoms. The van der Waals surface area contributed by atoms with Crippen LogP contribution in [0.4, 0.5) is 0 Å². The summed E-state index contributed by atoms with van der Waals surface area (Å²) in [6.07, 6.45) is 2.20. The van der Waals surface area contributed by atoms with Crippen LogP contribution in [0.3, 0.4) is 0 Å². The number of aliphatic hydroxyl groups excluding tert-OH is 1. The lowest BCUT2D eigenvalue weighted by molar-refractivity contribution is 0.162. The van der Waals surface area contributed by atoms with Crippen LogP contribution in [0.2, 0.25) is 0 Å². The van der Waals surface area contributed by atoms with E-state index in [9.17, 15) is 5.11 Å². The predicted molar refractivity (Wildman–Crippen MR) is 74.6 cm³/mol. The van der Waals surface area contributed by atoms with Gasteiger partial charge in [0.15, 0.2) is 0 Å². The van der Waals surface area contributed by atoms with Gasteiger partial charge in [0.05, 0.1) is 11.8 Å². The summed E-state index contributed by atoms with van der Waals surface area (Å²) >= 11 is 0. The minimum absolute atomic E-state index is 0.264. The van der Waals surface area contributed by atoms with Crippen molar-refractivity contribution in [2.75, 3.05) is 13.6 Å². The van der Waals surface area contributed by atoms with E-state index in [2.05, 4.69) is 9.88 Å². The number of oxazole rings is 1. The van der Waals surface area contributed by atoms with Gasteiger partial charge in [0.2, 0.25) is 5.89 Å². The van der Waals surface area contributed by atoms with Gasteiger partial charge in [-0.05, 0) is 32.5 Å². The summed E-state index contributed by atoms with van der Waals surface area (Å²) in [4.78, 5) is 6.60. The van der Waals surface area contributed by atoms with E-state index in [1.165, 1.54) is 0 Å². The highest BCUT2D eigenvalue weighted by molar-refractivity contribution is 5.52. The summed E-state index contributed by atoms with van der Waals surface area (Å²) in [5.74, 6) is 0.652. The lowest BCUT2D eigenvalue weighted by atomic mass is 10.2. The third kappa shape index (κ3) is 4.19. The molecule has 1 heterocycles. The molecule has 1 N–H and O–H groups in total. The zero-order valence-electron chi connectivity index (χ0n) is 11.4. The van der Waals surface area contributed by atoms with Gasteiger partial charge in [-0.3, -0.25) is 0 Å². The normalized spacial score (nSPS) is 12.8. The van der Waals surface area contributed by atoms with E-state index in [4.69, 9.17) is 4.42 Å². The number of hydrogen-bond acceptors (Lipinski definition) is 4. The van der Waals surface area contributed by atoms with Gasteiger partial charge in [0, 0.05) is 18.7 Å². The summed E-state index contributed by atoms with van der Waals surface area (Å²) in [5, 5.41) is 9.26. The highest BCUT2D eigenvalue weighted by Crippen LogP contribution is 2.18. The van der Waals surface area contributed by atoms with E-state index in [0.717, 1.165) is 30.8 Å². The van der Waals surface area contributed by atoms with Crippen LogP contribution in [0.15, 0.2) is 41.0 Å². The van der Waals surface area contributed by atoms with Crippen LogP contribution in [0.5, 0.6) is 0 Å². The fraction of sp³-hybridized carbons (Fsp3) is 0.400. The van der Waals surface area contributed by atoms with E-state index < -0.39 is 0 Å². The maximum atomic E-state index is 9.26. The Morgan fingerprint density at radius 1 is 1.32 bits per heavy atom. The number of rotatable bonds is 6. The number of aliphatic hydroxyl groups is 1. The Labute approximate surface area is 113 Å². The fourth-order valence-electron chi connectivity index (χ4n) is 1.86. The molecule has 4 heteroatoms. The van der Waals surface area contributed by atoms with Gasteiger partial charge in [0.1, 0.15) is 6.26 Å². The molecule has 1 atom stereocenters. The highest BCUT2D eigenvalue weighted by Gasteiger charge is 2.08. The van der Waals surface area contributed by atoms with Crippen LogP contribution in [-0.4, -0.2) is 34.7 Å². The van der Waals surface area contributed by atoms with Gasteiger partial charge < -0.3 is 14.4 Å². The Bertz CT molecular complexity index is 494. The lowest BCUT2D eigenvalue weighted by Gasteiger charge is -2.15. The fourth-order valence-corrected chi connectivity index (χ4v) is 1.86. The Hall–Kier alpha value is -1.65. The monoisotopic (exact) mass is 260 g/mol. The largest absolute Gasteiger partial charge is 0.444 e. The third-order valence-corrected chi connectivity index (χ3v) is 2.93. The Balaban J connectivity index is 1.94. The Morgan fingerprint density at radius 2 is 2.05 bits per heavy atom. The summed E-state index contributed by atoms with van der Waals surface area (Å²) < 4.78 is 5.49. The summed E-state index contributed by atoms with van der Waals surface area (Å²) in [6.45, 7) is 3.37. The molecule has 0 saturated heterocycles. The van der Waals surface area contributed by atoms with Crippen LogP contribution >= 0.6 is 0 Å². The van der Waals surface area contributed by atoms with Crippen molar-refractivity contribution in [3.63, 3.8) is 0 Å². The summed E-state index contributed by atoms with van der Waals surface area (Å²) in [6, 6.07) is 9.86. The molecule has 0 fully saturated rings. The van der Waals surface area contributed by atoms with Crippen molar-refractivity contribution in [3.8, 4) is 11.5 Å². The van der Waals surface area contributed by atoms with Crippen LogP contribution in [-0.2, 0) is 6.54 Å². The minimum Gasteiger partial charge on any atom is -0.444 e. The molecule has 0 spiro atoms. The topological polar surface area (TPSA) is 49.5 Å². The van der Waals surface area contributed by atoms with Gasteiger partial charge in [-0.25, -0.2) is 4.98 Å². The molecule has 1 aromatic heterocycles. The first-order chi connectivity index (χ1) is 9.15. The number of benzene rings is 1. The van der Waals surface area contributed by atoms with Gasteiger partial charge in [-0.15, -0.1) is 0 Å². The van der Waals surface area contributed by atoms with Crippen LogP contribution in [0, 0.1) is 0 Å². The molecule has 0 radical (unpaired) electrons. The Kier molecular flexibility index (Phi) is 4.71. The molecule has 2 aromatic rings. The van der Waals surface area contributed by atoms with Crippen molar-refractivity contribution in [2.45, 2.75) is 26.0 Å². The molecule has 0 aliphatic carbocycles. The van der Waals surface area contributed by atoms with Gasteiger partial charge in [-0.2, -0.15) is 0 Å². The highest BCUT2D eigenvalue weighted by atomic mass is 16.3. The second kappa shape index (κ2) is 6.50. The van der Waals surface area contributed by atoms with E-state index in [1.807, 2.05) is 37.4 Å². The average molecular weight is 260 g/mol. The molecule has 0 amide bonds. The molecule has 0 saturated carbocycles. The van der Waals surface area contributed by atoms with E-state index in [0.29, 0.717) is 5.89 Å². The number of aromatic nitrogens is 1. The minimum atomic E-state index is -0.264. The molecule has 0 aliphatic heterocycles. The third-order valence-electron chi connectivity index (χ3n) is 2.93. The molecule has 1 unspecified atom stereocenters. The summed E-state index contributed by atoms with van der Waals surface area (Å²) in [7, 11) is 2.01. The van der Waals surface area contributed by atoms with Gasteiger partial charge >= 0.3 is 0 Å². The van der Waals surface area contributed by atoms with Gasteiger partial charge in [0.25, 0.3) is 0 Å². The van der Waals surface area contributed by atoms with Crippen LogP contribution < -0.4 is 0 Å². The SMILES string of the molecule is CC(O)CCN(C)Cc1coc(-c2ccccc2)n1. The quantitative estimate of drug-likeness (QED) is 0.867. The first-order valence-corrected chi connectivity index (χ1v) is 6.51. The number of nitrogens with zero attached hydrogens (tertiary/aromatic N) is 2. The molecule has 19 heavy (non-hydrogen) atoms. The molecular weight excluding hydrogens is 240 g/mol. The molecule has 0 aliphatic rings. The average Bonchev–Trinajstić information content (AvgIpc) is 2.86. The standard InChI is InChI=1S/C15H20N2O2/c1-12(18)8-9-17(2)10-14-11-19-15(16-14)13-6-4-3-5-7-13/h3-7,11-12,18H,8-10H2,1-2H3. The summed E-state index contributed by atoms with van der Waals surface area (Å²) in [5.41, 5.74) is 1.90. The Morgan fingerprint density at radius 3 is 2.74 bits per heavy atom. The van der Waals surface area contributed by atoms with Crippen molar-refractivity contribution < 1.29 is 9.52 Å². The van der Waals surface area contributed by atoms with Crippen molar-refractivity contribution in [1.82, 2.24) is 9.88 Å². The molecule has 2 rings (SSSR count). The lowest BCUT2D eigenvalue weighted by Crippen LogP contribution is -2.22. The van der Waals surface area contributed by atoms with E-state index in [1.54, 1.807) is 13.2 Å². The first kappa shape index (κ1) is 13.8. The molecule has 4 nitrogen and oxygen atoms in total. The van der Waals surface area contributed by atoms with Crippen LogP contribution in [0.1, 0.15) is 19.0 Å². The molecular formula is C15H20N2O2. The van der Waals surface area contributed by atoms with Crippen molar-refractivity contribution in [2.24, 2.45) is 0 Å². The molecule has 102 valence electrons. The van der Waals surface area contributed by atoms with Crippen LogP contribution in [0.25, 0.3) is 11.5 Å².